The van der Waals surface area contributed by atoms with Crippen molar-refractivity contribution in [1.29, 1.82) is 0 Å². The number of nitrogens with zero attached hydrogens (tertiary/aromatic N) is 1. The van der Waals surface area contributed by atoms with Gasteiger partial charge in [0.1, 0.15) is 0 Å². The molecule has 1 rings (SSSR count). The molecule has 0 aliphatic heterocycles. The molecule has 0 saturated carbocycles. The summed E-state index contributed by atoms with van der Waals surface area (Å²) in [5, 5.41) is 2.07. The maximum Gasteiger partial charge on any atom is 0.234 e. The predicted molar refractivity (Wildman–Crippen MR) is 63.9 cm³/mol. The van der Waals surface area contributed by atoms with E-state index in [2.05, 4.69) is 11.4 Å². The van der Waals surface area contributed by atoms with E-state index in [0.717, 1.165) is 19.4 Å². The Morgan fingerprint density at radius 2 is 2.40 bits per heavy atom. The van der Waals surface area contributed by atoms with E-state index in [1.54, 1.807) is 11.3 Å². The SMILES string of the molecule is CCC(C(N)=O)N(C)CCc1cccs1. The molecule has 1 aromatic heterocycles. The van der Waals surface area contributed by atoms with Crippen molar-refractivity contribution in [3.8, 4) is 0 Å². The molecule has 3 nitrogen and oxygen atoms in total. The van der Waals surface area contributed by atoms with Gasteiger partial charge in [0.15, 0.2) is 0 Å². The van der Waals surface area contributed by atoms with Crippen LogP contribution in [0.25, 0.3) is 0 Å². The van der Waals surface area contributed by atoms with Crippen molar-refractivity contribution < 1.29 is 4.79 Å². The molecule has 1 aromatic rings. The molecule has 0 aliphatic carbocycles. The van der Waals surface area contributed by atoms with E-state index in [4.69, 9.17) is 5.73 Å². The highest BCUT2D eigenvalue weighted by Crippen LogP contribution is 2.10. The smallest absolute Gasteiger partial charge is 0.234 e. The van der Waals surface area contributed by atoms with Gasteiger partial charge in [-0.1, -0.05) is 13.0 Å². The van der Waals surface area contributed by atoms with Crippen molar-refractivity contribution >= 4 is 17.2 Å². The molecule has 0 bridgehead atoms. The van der Waals surface area contributed by atoms with Crippen molar-refractivity contribution in [2.24, 2.45) is 5.73 Å². The van der Waals surface area contributed by atoms with Crippen LogP contribution in [0.1, 0.15) is 18.2 Å². The second kappa shape index (κ2) is 5.88. The number of thiophene rings is 1. The maximum absolute atomic E-state index is 11.1. The topological polar surface area (TPSA) is 46.3 Å². The molecule has 4 heteroatoms. The molecule has 84 valence electrons. The lowest BCUT2D eigenvalue weighted by Gasteiger charge is -2.23. The lowest BCUT2D eigenvalue weighted by atomic mass is 10.2. The van der Waals surface area contributed by atoms with Crippen LogP contribution in [0.2, 0.25) is 0 Å². The number of carbonyl (C=O) groups excluding carboxylic acids is 1. The first-order valence-electron chi connectivity index (χ1n) is 5.17. The molecule has 1 heterocycles. The highest BCUT2D eigenvalue weighted by molar-refractivity contribution is 7.09. The average Bonchev–Trinajstić information content (AvgIpc) is 2.67. The molecular weight excluding hydrogens is 208 g/mol. The monoisotopic (exact) mass is 226 g/mol. The van der Waals surface area contributed by atoms with Crippen LogP contribution < -0.4 is 5.73 Å². The fraction of sp³-hybridized carbons (Fsp3) is 0.545. The van der Waals surface area contributed by atoms with E-state index in [9.17, 15) is 4.79 Å². The van der Waals surface area contributed by atoms with Crippen LogP contribution in [-0.2, 0) is 11.2 Å². The van der Waals surface area contributed by atoms with Crippen LogP contribution in [0.3, 0.4) is 0 Å². The van der Waals surface area contributed by atoms with E-state index < -0.39 is 0 Å². The molecule has 1 unspecified atom stereocenters. The van der Waals surface area contributed by atoms with Crippen LogP contribution in [0.4, 0.5) is 0 Å². The summed E-state index contributed by atoms with van der Waals surface area (Å²) in [6, 6.07) is 4.03. The van der Waals surface area contributed by atoms with Gasteiger partial charge in [0.25, 0.3) is 0 Å². The highest BCUT2D eigenvalue weighted by atomic mass is 32.1. The van der Waals surface area contributed by atoms with Crippen LogP contribution >= 0.6 is 11.3 Å². The van der Waals surface area contributed by atoms with Crippen molar-refractivity contribution in [3.05, 3.63) is 22.4 Å². The zero-order chi connectivity index (χ0) is 11.3. The summed E-state index contributed by atoms with van der Waals surface area (Å²) in [6.45, 7) is 2.86. The summed E-state index contributed by atoms with van der Waals surface area (Å²) in [7, 11) is 1.95. The Bertz CT molecular complexity index is 298. The molecular formula is C11H18N2OS. The second-order valence-electron chi connectivity index (χ2n) is 3.64. The average molecular weight is 226 g/mol. The third-order valence-electron chi connectivity index (χ3n) is 2.54. The van der Waals surface area contributed by atoms with Crippen molar-refractivity contribution in [2.75, 3.05) is 13.6 Å². The first kappa shape index (κ1) is 12.2. The zero-order valence-corrected chi connectivity index (χ0v) is 10.1. The van der Waals surface area contributed by atoms with E-state index in [-0.39, 0.29) is 11.9 Å². The van der Waals surface area contributed by atoms with E-state index in [1.807, 2.05) is 24.9 Å². The molecule has 1 amide bonds. The fourth-order valence-corrected chi connectivity index (χ4v) is 2.33. The van der Waals surface area contributed by atoms with Gasteiger partial charge < -0.3 is 5.73 Å². The van der Waals surface area contributed by atoms with Gasteiger partial charge in [0.2, 0.25) is 5.91 Å². The van der Waals surface area contributed by atoms with Crippen molar-refractivity contribution in [2.45, 2.75) is 25.8 Å². The number of hydrogen-bond donors (Lipinski definition) is 1. The molecule has 0 saturated heterocycles. The summed E-state index contributed by atoms with van der Waals surface area (Å²) >= 11 is 1.75. The summed E-state index contributed by atoms with van der Waals surface area (Å²) < 4.78 is 0. The minimum Gasteiger partial charge on any atom is -0.368 e. The molecule has 0 fully saturated rings. The fourth-order valence-electron chi connectivity index (χ4n) is 1.63. The van der Waals surface area contributed by atoms with Crippen LogP contribution in [-0.4, -0.2) is 30.4 Å². The highest BCUT2D eigenvalue weighted by Gasteiger charge is 2.17. The quantitative estimate of drug-likeness (QED) is 0.798. The Balaban J connectivity index is 2.40. The lowest BCUT2D eigenvalue weighted by Crippen LogP contribution is -2.42. The largest absolute Gasteiger partial charge is 0.368 e. The van der Waals surface area contributed by atoms with Gasteiger partial charge in [-0.15, -0.1) is 11.3 Å². The van der Waals surface area contributed by atoms with E-state index >= 15 is 0 Å². The number of rotatable bonds is 6. The van der Waals surface area contributed by atoms with Crippen LogP contribution in [0, 0.1) is 0 Å². The molecule has 0 radical (unpaired) electrons. The van der Waals surface area contributed by atoms with E-state index in [1.165, 1.54) is 4.88 Å². The standard InChI is InChI=1S/C11H18N2OS/c1-3-10(11(12)14)13(2)7-6-9-5-4-8-15-9/h4-5,8,10H,3,6-7H2,1-2H3,(H2,12,14). The Hall–Kier alpha value is -0.870. The van der Waals surface area contributed by atoms with Gasteiger partial charge >= 0.3 is 0 Å². The molecule has 0 aromatic carbocycles. The molecule has 0 aliphatic rings. The molecule has 15 heavy (non-hydrogen) atoms. The Kier molecular flexibility index (Phi) is 4.78. The first-order valence-corrected chi connectivity index (χ1v) is 6.05. The van der Waals surface area contributed by atoms with Gasteiger partial charge in [-0.05, 0) is 31.3 Å². The minimum absolute atomic E-state index is 0.134. The predicted octanol–water partition coefficient (Wildman–Crippen LogP) is 1.49. The third-order valence-corrected chi connectivity index (χ3v) is 3.47. The number of nitrogens with two attached hydrogens (primary N) is 1. The summed E-state index contributed by atoms with van der Waals surface area (Å²) in [5.41, 5.74) is 5.32. The summed E-state index contributed by atoms with van der Waals surface area (Å²) in [4.78, 5) is 14.5. The number of hydrogen-bond acceptors (Lipinski definition) is 3. The van der Waals surface area contributed by atoms with Crippen LogP contribution in [0.5, 0.6) is 0 Å². The second-order valence-corrected chi connectivity index (χ2v) is 4.67. The Labute approximate surface area is 94.9 Å². The van der Waals surface area contributed by atoms with Gasteiger partial charge in [0.05, 0.1) is 6.04 Å². The van der Waals surface area contributed by atoms with Gasteiger partial charge in [-0.3, -0.25) is 9.69 Å². The van der Waals surface area contributed by atoms with Crippen molar-refractivity contribution in [1.82, 2.24) is 4.90 Å². The summed E-state index contributed by atoms with van der Waals surface area (Å²) in [6.07, 6.45) is 1.76. The number of amides is 1. The van der Waals surface area contributed by atoms with Gasteiger partial charge in [-0.25, -0.2) is 0 Å². The number of likely N-dealkylation sites (N-methyl/N-ethyl adjacent to an activating group) is 1. The molecule has 1 atom stereocenters. The van der Waals surface area contributed by atoms with Crippen molar-refractivity contribution in [3.63, 3.8) is 0 Å². The zero-order valence-electron chi connectivity index (χ0n) is 9.27. The van der Waals surface area contributed by atoms with Gasteiger partial charge in [0, 0.05) is 11.4 Å². The molecule has 2 N–H and O–H groups in total. The number of primary amides is 1. The maximum atomic E-state index is 11.1. The summed E-state index contributed by atoms with van der Waals surface area (Å²) in [5.74, 6) is -0.230. The minimum atomic E-state index is -0.230. The Morgan fingerprint density at radius 3 is 2.87 bits per heavy atom. The lowest BCUT2D eigenvalue weighted by molar-refractivity contribution is -0.122. The normalized spacial score (nSPS) is 13.0. The molecule has 0 spiro atoms. The van der Waals surface area contributed by atoms with Crippen LogP contribution in [0.15, 0.2) is 17.5 Å². The number of carbonyl (C=O) groups is 1. The van der Waals surface area contributed by atoms with Gasteiger partial charge in [-0.2, -0.15) is 0 Å². The van der Waals surface area contributed by atoms with E-state index in [0.29, 0.717) is 0 Å². The Morgan fingerprint density at radius 1 is 1.67 bits per heavy atom. The first-order chi connectivity index (χ1) is 7.15. The third kappa shape index (κ3) is 3.64.